The highest BCUT2D eigenvalue weighted by atomic mass is 32.2. The molecular formula is C16H23NO5S. The number of carbonyl (C=O) groups is 2. The maximum Gasteiger partial charge on any atom is 0.305 e. The Hall–Kier alpha value is -1.89. The Labute approximate surface area is 137 Å². The number of amides is 1. The SMILES string of the molecule is Cc1cc(S(C)(=O)=O)cc(C(=O)N(CCC(=O)O)C(C)C)c1C. The van der Waals surface area contributed by atoms with Crippen molar-refractivity contribution in [2.75, 3.05) is 12.8 Å². The molecule has 0 unspecified atom stereocenters. The van der Waals surface area contributed by atoms with Crippen molar-refractivity contribution < 1.29 is 23.1 Å². The van der Waals surface area contributed by atoms with Gasteiger partial charge in [0.1, 0.15) is 0 Å². The van der Waals surface area contributed by atoms with Crippen LogP contribution in [0.2, 0.25) is 0 Å². The van der Waals surface area contributed by atoms with Crippen LogP contribution in [0.5, 0.6) is 0 Å². The number of carboxylic acid groups (broad SMARTS) is 1. The maximum atomic E-state index is 12.8. The predicted molar refractivity (Wildman–Crippen MR) is 87.5 cm³/mol. The third-order valence-corrected chi connectivity index (χ3v) is 4.84. The van der Waals surface area contributed by atoms with Gasteiger partial charge in [-0.15, -0.1) is 0 Å². The van der Waals surface area contributed by atoms with Gasteiger partial charge in [0.25, 0.3) is 5.91 Å². The second-order valence-corrected chi connectivity index (χ2v) is 7.94. The molecular weight excluding hydrogens is 318 g/mol. The van der Waals surface area contributed by atoms with Gasteiger partial charge in [-0.05, 0) is 51.0 Å². The summed E-state index contributed by atoms with van der Waals surface area (Å²) in [6.07, 6.45) is 0.934. The standard InChI is InChI=1S/C16H23NO5S/c1-10(2)17(7-6-15(18)19)16(20)14-9-13(23(5,21)22)8-11(3)12(14)4/h8-10H,6-7H2,1-5H3,(H,18,19). The molecule has 0 saturated heterocycles. The summed E-state index contributed by atoms with van der Waals surface area (Å²) in [7, 11) is -3.43. The van der Waals surface area contributed by atoms with Gasteiger partial charge < -0.3 is 10.0 Å². The van der Waals surface area contributed by atoms with Gasteiger partial charge in [-0.1, -0.05) is 0 Å². The number of sulfone groups is 1. The van der Waals surface area contributed by atoms with Crippen molar-refractivity contribution in [3.8, 4) is 0 Å². The average molecular weight is 341 g/mol. The predicted octanol–water partition coefficient (Wildman–Crippen LogP) is 2.03. The Morgan fingerprint density at radius 3 is 2.22 bits per heavy atom. The first-order chi connectivity index (χ1) is 10.4. The summed E-state index contributed by atoms with van der Waals surface area (Å²) in [5.74, 6) is -1.34. The van der Waals surface area contributed by atoms with E-state index in [0.717, 1.165) is 6.26 Å². The molecule has 1 aromatic carbocycles. The monoisotopic (exact) mass is 341 g/mol. The molecule has 0 aliphatic heterocycles. The molecule has 0 aromatic heterocycles. The van der Waals surface area contributed by atoms with Gasteiger partial charge in [0.15, 0.2) is 9.84 Å². The lowest BCUT2D eigenvalue weighted by Gasteiger charge is -2.27. The second kappa shape index (κ2) is 7.12. The number of hydrogen-bond acceptors (Lipinski definition) is 4. The highest BCUT2D eigenvalue weighted by Gasteiger charge is 2.23. The highest BCUT2D eigenvalue weighted by Crippen LogP contribution is 2.22. The summed E-state index contributed by atoms with van der Waals surface area (Å²) in [4.78, 5) is 25.1. The lowest BCUT2D eigenvalue weighted by atomic mass is 10.0. The summed E-state index contributed by atoms with van der Waals surface area (Å²) in [6, 6.07) is 2.72. The summed E-state index contributed by atoms with van der Waals surface area (Å²) < 4.78 is 23.6. The van der Waals surface area contributed by atoms with Gasteiger partial charge in [-0.25, -0.2) is 8.42 Å². The molecule has 1 amide bonds. The molecule has 128 valence electrons. The third-order valence-electron chi connectivity index (χ3n) is 3.75. The topological polar surface area (TPSA) is 91.8 Å². The van der Waals surface area contributed by atoms with Crippen LogP contribution in [0.1, 0.15) is 41.8 Å². The lowest BCUT2D eigenvalue weighted by Crippen LogP contribution is -2.39. The highest BCUT2D eigenvalue weighted by molar-refractivity contribution is 7.90. The number of aliphatic carboxylic acids is 1. The molecule has 0 saturated carbocycles. The molecule has 6 nitrogen and oxygen atoms in total. The van der Waals surface area contributed by atoms with E-state index in [1.54, 1.807) is 33.8 Å². The van der Waals surface area contributed by atoms with E-state index in [1.807, 2.05) is 0 Å². The Morgan fingerprint density at radius 1 is 1.22 bits per heavy atom. The van der Waals surface area contributed by atoms with Crippen molar-refractivity contribution in [1.29, 1.82) is 0 Å². The van der Waals surface area contributed by atoms with Crippen LogP contribution in [0.15, 0.2) is 17.0 Å². The molecule has 0 heterocycles. The fourth-order valence-electron chi connectivity index (χ4n) is 2.23. The van der Waals surface area contributed by atoms with E-state index in [-0.39, 0.29) is 29.8 Å². The normalized spacial score (nSPS) is 11.6. The van der Waals surface area contributed by atoms with Crippen LogP contribution >= 0.6 is 0 Å². The molecule has 23 heavy (non-hydrogen) atoms. The third kappa shape index (κ3) is 4.79. The molecule has 1 aromatic rings. The van der Waals surface area contributed by atoms with Crippen molar-refractivity contribution in [2.24, 2.45) is 0 Å². The fourth-order valence-corrected chi connectivity index (χ4v) is 2.95. The van der Waals surface area contributed by atoms with Gasteiger partial charge >= 0.3 is 5.97 Å². The van der Waals surface area contributed by atoms with Crippen LogP contribution in [0.4, 0.5) is 0 Å². The molecule has 1 N–H and O–H groups in total. The van der Waals surface area contributed by atoms with E-state index < -0.39 is 15.8 Å². The van der Waals surface area contributed by atoms with Gasteiger partial charge in [-0.2, -0.15) is 0 Å². The van der Waals surface area contributed by atoms with E-state index in [9.17, 15) is 18.0 Å². The van der Waals surface area contributed by atoms with Crippen LogP contribution in [0.3, 0.4) is 0 Å². The smallest absolute Gasteiger partial charge is 0.305 e. The summed E-state index contributed by atoms with van der Waals surface area (Å²) in [6.45, 7) is 7.17. The van der Waals surface area contributed by atoms with Gasteiger partial charge in [0.2, 0.25) is 0 Å². The molecule has 0 bridgehead atoms. The zero-order valence-corrected chi connectivity index (χ0v) is 14.9. The van der Waals surface area contributed by atoms with Crippen LogP contribution in [-0.2, 0) is 14.6 Å². The summed E-state index contributed by atoms with van der Waals surface area (Å²) >= 11 is 0. The summed E-state index contributed by atoms with van der Waals surface area (Å²) in [5, 5.41) is 8.83. The first-order valence-corrected chi connectivity index (χ1v) is 9.18. The zero-order valence-electron chi connectivity index (χ0n) is 14.1. The number of carbonyl (C=O) groups excluding carboxylic acids is 1. The number of hydrogen-bond donors (Lipinski definition) is 1. The minimum absolute atomic E-state index is 0.0768. The molecule has 0 spiro atoms. The van der Waals surface area contributed by atoms with Crippen molar-refractivity contribution in [3.63, 3.8) is 0 Å². The van der Waals surface area contributed by atoms with Crippen molar-refractivity contribution in [3.05, 3.63) is 28.8 Å². The van der Waals surface area contributed by atoms with Crippen molar-refractivity contribution in [1.82, 2.24) is 4.90 Å². The van der Waals surface area contributed by atoms with E-state index in [4.69, 9.17) is 5.11 Å². The first-order valence-electron chi connectivity index (χ1n) is 7.29. The Morgan fingerprint density at radius 2 is 1.78 bits per heavy atom. The average Bonchev–Trinajstić information content (AvgIpc) is 2.39. The minimum Gasteiger partial charge on any atom is -0.481 e. The number of aryl methyl sites for hydroxylation is 1. The van der Waals surface area contributed by atoms with E-state index in [0.29, 0.717) is 16.7 Å². The molecule has 0 radical (unpaired) electrons. The van der Waals surface area contributed by atoms with Gasteiger partial charge in [0.05, 0.1) is 11.3 Å². The molecule has 0 aliphatic rings. The van der Waals surface area contributed by atoms with Crippen LogP contribution < -0.4 is 0 Å². The maximum absolute atomic E-state index is 12.8. The lowest BCUT2D eigenvalue weighted by molar-refractivity contribution is -0.137. The van der Waals surface area contributed by atoms with Crippen molar-refractivity contribution >= 4 is 21.7 Å². The number of benzene rings is 1. The Bertz CT molecular complexity index is 722. The molecule has 0 atom stereocenters. The zero-order chi connectivity index (χ0) is 17.9. The minimum atomic E-state index is -3.43. The summed E-state index contributed by atoms with van der Waals surface area (Å²) in [5.41, 5.74) is 1.70. The van der Waals surface area contributed by atoms with Crippen LogP contribution in [-0.4, -0.2) is 49.1 Å². The Balaban J connectivity index is 3.34. The second-order valence-electron chi connectivity index (χ2n) is 5.92. The largest absolute Gasteiger partial charge is 0.481 e. The molecule has 0 fully saturated rings. The number of carboxylic acids is 1. The van der Waals surface area contributed by atoms with Gasteiger partial charge in [0, 0.05) is 24.4 Å². The molecule has 7 heteroatoms. The van der Waals surface area contributed by atoms with Crippen LogP contribution in [0.25, 0.3) is 0 Å². The number of nitrogens with zero attached hydrogens (tertiary/aromatic N) is 1. The van der Waals surface area contributed by atoms with E-state index >= 15 is 0 Å². The van der Waals surface area contributed by atoms with Crippen molar-refractivity contribution in [2.45, 2.75) is 45.1 Å². The molecule has 1 rings (SSSR count). The quantitative estimate of drug-likeness (QED) is 0.855. The fraction of sp³-hybridized carbons (Fsp3) is 0.500. The Kier molecular flexibility index (Phi) is 5.93. The molecule has 0 aliphatic carbocycles. The number of rotatable bonds is 6. The first kappa shape index (κ1) is 19.2. The van der Waals surface area contributed by atoms with E-state index in [1.165, 1.54) is 11.0 Å². The van der Waals surface area contributed by atoms with E-state index in [2.05, 4.69) is 0 Å². The van der Waals surface area contributed by atoms with Crippen LogP contribution in [0, 0.1) is 13.8 Å². The van der Waals surface area contributed by atoms with Gasteiger partial charge in [-0.3, -0.25) is 9.59 Å².